The number of carbonyl (C=O) groups is 1. The minimum absolute atomic E-state index is 0.0620. The van der Waals surface area contributed by atoms with Gasteiger partial charge >= 0.3 is 0 Å². The van der Waals surface area contributed by atoms with Gasteiger partial charge in [0.05, 0.1) is 16.6 Å². The van der Waals surface area contributed by atoms with Crippen LogP contribution in [0.15, 0.2) is 41.5 Å². The van der Waals surface area contributed by atoms with Crippen LogP contribution >= 0.6 is 0 Å². The van der Waals surface area contributed by atoms with Crippen LogP contribution < -0.4 is 10.9 Å². The molecule has 4 rings (SSSR count). The Hall–Kier alpha value is -3.10. The maximum absolute atomic E-state index is 12.1. The molecule has 162 valence electrons. The Morgan fingerprint density at radius 1 is 1.23 bits per heavy atom. The number of carbonyl (C=O) groups excluding carboxylic acids is 1. The zero-order chi connectivity index (χ0) is 22.0. The van der Waals surface area contributed by atoms with Crippen LogP contribution in [0.4, 0.5) is 0 Å². The SMILES string of the molecule is CCc1cc2ncc(CN3CCC(O)(c4ccc(C(=O)NC)nc4)CC3)cc2[nH]c1=O. The largest absolute Gasteiger partial charge is 0.385 e. The van der Waals surface area contributed by atoms with Gasteiger partial charge in [-0.3, -0.25) is 24.5 Å². The molecule has 0 aromatic carbocycles. The van der Waals surface area contributed by atoms with E-state index in [1.807, 2.05) is 25.3 Å². The number of hydrogen-bond acceptors (Lipinski definition) is 6. The molecule has 8 heteroatoms. The number of aromatic nitrogens is 3. The molecule has 3 aromatic rings. The van der Waals surface area contributed by atoms with Gasteiger partial charge in [0.1, 0.15) is 5.69 Å². The molecule has 4 heterocycles. The van der Waals surface area contributed by atoms with E-state index in [-0.39, 0.29) is 11.5 Å². The fourth-order valence-electron chi connectivity index (χ4n) is 4.08. The van der Waals surface area contributed by atoms with Crippen LogP contribution in [0.25, 0.3) is 11.0 Å². The zero-order valence-electron chi connectivity index (χ0n) is 17.8. The summed E-state index contributed by atoms with van der Waals surface area (Å²) in [5.41, 5.74) is 3.35. The first-order chi connectivity index (χ1) is 14.9. The average Bonchev–Trinajstić information content (AvgIpc) is 2.79. The summed E-state index contributed by atoms with van der Waals surface area (Å²) >= 11 is 0. The topological polar surface area (TPSA) is 111 Å². The van der Waals surface area contributed by atoms with E-state index in [1.165, 1.54) is 0 Å². The van der Waals surface area contributed by atoms with E-state index in [4.69, 9.17) is 0 Å². The van der Waals surface area contributed by atoms with Gasteiger partial charge in [-0.1, -0.05) is 13.0 Å². The molecule has 1 amide bonds. The summed E-state index contributed by atoms with van der Waals surface area (Å²) in [5, 5.41) is 13.7. The van der Waals surface area contributed by atoms with Gasteiger partial charge in [0.25, 0.3) is 11.5 Å². The monoisotopic (exact) mass is 421 g/mol. The van der Waals surface area contributed by atoms with Gasteiger partial charge in [-0.25, -0.2) is 0 Å². The minimum atomic E-state index is -0.950. The lowest BCUT2D eigenvalue weighted by atomic mass is 9.85. The highest BCUT2D eigenvalue weighted by Crippen LogP contribution is 2.33. The predicted octanol–water partition coefficient (Wildman–Crippen LogP) is 1.72. The number of likely N-dealkylation sites (tertiary alicyclic amines) is 1. The minimum Gasteiger partial charge on any atom is -0.385 e. The van der Waals surface area contributed by atoms with Crippen LogP contribution in [0.2, 0.25) is 0 Å². The Morgan fingerprint density at radius 3 is 2.65 bits per heavy atom. The van der Waals surface area contributed by atoms with E-state index < -0.39 is 5.60 Å². The van der Waals surface area contributed by atoms with E-state index >= 15 is 0 Å². The second-order valence-electron chi connectivity index (χ2n) is 8.07. The number of aliphatic hydroxyl groups is 1. The van der Waals surface area contributed by atoms with E-state index in [0.29, 0.717) is 31.5 Å². The third-order valence-corrected chi connectivity index (χ3v) is 6.06. The molecule has 1 saturated heterocycles. The number of nitrogens with zero attached hydrogens (tertiary/aromatic N) is 3. The highest BCUT2D eigenvalue weighted by atomic mass is 16.3. The first kappa shape index (κ1) is 21.1. The van der Waals surface area contributed by atoms with Crippen LogP contribution in [-0.2, 0) is 18.6 Å². The molecule has 0 atom stereocenters. The van der Waals surface area contributed by atoms with Crippen LogP contribution in [0.1, 0.15) is 46.9 Å². The normalized spacial score (nSPS) is 16.4. The van der Waals surface area contributed by atoms with Crippen molar-refractivity contribution >= 4 is 16.9 Å². The molecule has 8 nitrogen and oxygen atoms in total. The second kappa shape index (κ2) is 8.56. The Bertz CT molecular complexity index is 1150. The Morgan fingerprint density at radius 2 is 2.00 bits per heavy atom. The van der Waals surface area contributed by atoms with Crippen molar-refractivity contribution in [2.45, 2.75) is 38.3 Å². The number of amides is 1. The van der Waals surface area contributed by atoms with Crippen LogP contribution in [0, 0.1) is 0 Å². The molecule has 0 unspecified atom stereocenters. The Kier molecular flexibility index (Phi) is 5.84. The second-order valence-corrected chi connectivity index (χ2v) is 8.07. The van der Waals surface area contributed by atoms with Crippen LogP contribution in [-0.4, -0.2) is 51.0 Å². The summed E-state index contributed by atoms with van der Waals surface area (Å²) in [6.07, 6.45) is 5.27. The number of pyridine rings is 3. The quantitative estimate of drug-likeness (QED) is 0.579. The van der Waals surface area contributed by atoms with Crippen molar-refractivity contribution in [3.8, 4) is 0 Å². The van der Waals surface area contributed by atoms with Gasteiger partial charge in [-0.15, -0.1) is 0 Å². The molecule has 0 bridgehead atoms. The summed E-state index contributed by atoms with van der Waals surface area (Å²) < 4.78 is 0. The number of hydrogen-bond donors (Lipinski definition) is 3. The summed E-state index contributed by atoms with van der Waals surface area (Å²) in [6.45, 7) is 4.09. The first-order valence-corrected chi connectivity index (χ1v) is 10.6. The van der Waals surface area contributed by atoms with Crippen molar-refractivity contribution in [1.82, 2.24) is 25.2 Å². The molecule has 1 aliphatic rings. The highest BCUT2D eigenvalue weighted by molar-refractivity contribution is 5.91. The summed E-state index contributed by atoms with van der Waals surface area (Å²) in [6, 6.07) is 7.25. The van der Waals surface area contributed by atoms with E-state index in [1.54, 1.807) is 25.4 Å². The van der Waals surface area contributed by atoms with Crippen molar-refractivity contribution in [3.05, 3.63) is 69.4 Å². The lowest BCUT2D eigenvalue weighted by Gasteiger charge is -2.38. The molecule has 0 spiro atoms. The van der Waals surface area contributed by atoms with E-state index in [2.05, 4.69) is 25.2 Å². The summed E-state index contributed by atoms with van der Waals surface area (Å²) in [7, 11) is 1.56. The fraction of sp³-hybridized carbons (Fsp3) is 0.391. The molecular weight excluding hydrogens is 394 g/mol. The van der Waals surface area contributed by atoms with Crippen molar-refractivity contribution in [1.29, 1.82) is 0 Å². The van der Waals surface area contributed by atoms with Crippen molar-refractivity contribution in [3.63, 3.8) is 0 Å². The van der Waals surface area contributed by atoms with Crippen molar-refractivity contribution in [2.24, 2.45) is 0 Å². The lowest BCUT2D eigenvalue weighted by molar-refractivity contribution is -0.0280. The van der Waals surface area contributed by atoms with Crippen LogP contribution in [0.3, 0.4) is 0 Å². The fourth-order valence-corrected chi connectivity index (χ4v) is 4.08. The summed E-state index contributed by atoms with van der Waals surface area (Å²) in [5.74, 6) is -0.246. The highest BCUT2D eigenvalue weighted by Gasteiger charge is 2.34. The van der Waals surface area contributed by atoms with Gasteiger partial charge in [0.15, 0.2) is 0 Å². The Labute approximate surface area is 180 Å². The number of H-pyrrole nitrogens is 1. The molecule has 3 aromatic heterocycles. The number of aromatic amines is 1. The molecule has 0 radical (unpaired) electrons. The zero-order valence-corrected chi connectivity index (χ0v) is 17.8. The molecule has 0 aliphatic carbocycles. The molecule has 1 aliphatic heterocycles. The van der Waals surface area contributed by atoms with E-state index in [0.717, 1.165) is 40.8 Å². The number of fused-ring (bicyclic) bond motifs is 1. The average molecular weight is 422 g/mol. The number of aryl methyl sites for hydroxylation is 1. The molecular formula is C23H27N5O3. The lowest BCUT2D eigenvalue weighted by Crippen LogP contribution is -2.42. The number of rotatable bonds is 5. The van der Waals surface area contributed by atoms with Crippen molar-refractivity contribution in [2.75, 3.05) is 20.1 Å². The maximum Gasteiger partial charge on any atom is 0.269 e. The first-order valence-electron chi connectivity index (χ1n) is 10.6. The van der Waals surface area contributed by atoms with Gasteiger partial charge in [0, 0.05) is 50.2 Å². The molecule has 3 N–H and O–H groups in total. The van der Waals surface area contributed by atoms with Crippen LogP contribution in [0.5, 0.6) is 0 Å². The standard InChI is InChI=1S/C23H27N5O3/c1-3-16-11-19-20(27-21(16)29)10-15(12-25-19)14-28-8-6-23(31,7-9-28)17-4-5-18(26-13-17)22(30)24-2/h4-5,10-13,31H,3,6-9,14H2,1-2H3,(H,24,30)(H,27,29). The summed E-state index contributed by atoms with van der Waals surface area (Å²) in [4.78, 5) is 37.6. The van der Waals surface area contributed by atoms with E-state index in [9.17, 15) is 14.7 Å². The molecule has 31 heavy (non-hydrogen) atoms. The van der Waals surface area contributed by atoms with Gasteiger partial charge < -0.3 is 15.4 Å². The number of piperidine rings is 1. The number of nitrogens with one attached hydrogen (secondary N) is 2. The third kappa shape index (κ3) is 4.35. The smallest absolute Gasteiger partial charge is 0.269 e. The van der Waals surface area contributed by atoms with Gasteiger partial charge in [0.2, 0.25) is 0 Å². The van der Waals surface area contributed by atoms with Crippen molar-refractivity contribution < 1.29 is 9.90 Å². The van der Waals surface area contributed by atoms with Gasteiger partial charge in [-0.2, -0.15) is 0 Å². The molecule has 0 saturated carbocycles. The third-order valence-electron chi connectivity index (χ3n) is 6.06. The predicted molar refractivity (Wildman–Crippen MR) is 118 cm³/mol. The maximum atomic E-state index is 12.1. The Balaban J connectivity index is 1.43. The van der Waals surface area contributed by atoms with Gasteiger partial charge in [-0.05, 0) is 43.0 Å². The molecule has 1 fully saturated rings.